The Labute approximate surface area is 131 Å². The Morgan fingerprint density at radius 1 is 1.24 bits per heavy atom. The summed E-state index contributed by atoms with van der Waals surface area (Å²) in [4.78, 5) is 15.7. The molecule has 5 heteroatoms. The van der Waals surface area contributed by atoms with Gasteiger partial charge in [-0.2, -0.15) is 0 Å². The van der Waals surface area contributed by atoms with Crippen LogP contribution in [0.25, 0.3) is 0 Å². The zero-order valence-corrected chi connectivity index (χ0v) is 13.5. The first-order valence-electron chi connectivity index (χ1n) is 7.45. The molecule has 1 aliphatic heterocycles. The number of amides is 1. The fraction of sp³-hybridized carbons (Fsp3) is 0.562. The van der Waals surface area contributed by atoms with Crippen molar-refractivity contribution in [2.24, 2.45) is 0 Å². The average Bonchev–Trinajstić information content (AvgIpc) is 2.49. The SMILES string of the molecule is CCOC(=O)N1CCN(CC(Cl)c2ccc(C)cc2)CC1. The Balaban J connectivity index is 1.80. The van der Waals surface area contributed by atoms with Crippen LogP contribution in [-0.4, -0.2) is 55.2 Å². The Bertz CT molecular complexity index is 456. The summed E-state index contributed by atoms with van der Waals surface area (Å²) in [7, 11) is 0. The molecule has 2 rings (SSSR count). The second-order valence-electron chi connectivity index (χ2n) is 5.36. The molecule has 1 atom stereocenters. The van der Waals surface area contributed by atoms with Gasteiger partial charge in [-0.15, -0.1) is 11.6 Å². The van der Waals surface area contributed by atoms with Crippen LogP contribution >= 0.6 is 11.6 Å². The van der Waals surface area contributed by atoms with E-state index in [4.69, 9.17) is 16.3 Å². The van der Waals surface area contributed by atoms with Gasteiger partial charge >= 0.3 is 6.09 Å². The number of hydrogen-bond donors (Lipinski definition) is 0. The molecule has 1 unspecified atom stereocenters. The predicted molar refractivity (Wildman–Crippen MR) is 84.8 cm³/mol. The highest BCUT2D eigenvalue weighted by molar-refractivity contribution is 6.21. The quantitative estimate of drug-likeness (QED) is 0.801. The first kappa shape index (κ1) is 16.1. The molecule has 1 aromatic rings. The molecule has 21 heavy (non-hydrogen) atoms. The summed E-state index contributed by atoms with van der Waals surface area (Å²) >= 11 is 6.49. The summed E-state index contributed by atoms with van der Waals surface area (Å²) in [6.45, 7) is 8.22. The van der Waals surface area contributed by atoms with Gasteiger partial charge in [-0.1, -0.05) is 29.8 Å². The number of halogens is 1. The smallest absolute Gasteiger partial charge is 0.409 e. The van der Waals surface area contributed by atoms with Crippen LogP contribution < -0.4 is 0 Å². The molecule has 0 spiro atoms. The molecule has 1 fully saturated rings. The van der Waals surface area contributed by atoms with Crippen molar-refractivity contribution in [3.8, 4) is 0 Å². The highest BCUT2D eigenvalue weighted by Crippen LogP contribution is 2.22. The Morgan fingerprint density at radius 2 is 1.86 bits per heavy atom. The van der Waals surface area contributed by atoms with Crippen LogP contribution in [-0.2, 0) is 4.74 Å². The molecular weight excluding hydrogens is 288 g/mol. The maximum atomic E-state index is 11.6. The van der Waals surface area contributed by atoms with Gasteiger partial charge in [0.05, 0.1) is 12.0 Å². The number of ether oxygens (including phenoxy) is 1. The van der Waals surface area contributed by atoms with E-state index in [1.165, 1.54) is 5.56 Å². The molecule has 0 radical (unpaired) electrons. The predicted octanol–water partition coefficient (Wildman–Crippen LogP) is 3.05. The number of hydrogen-bond acceptors (Lipinski definition) is 3. The van der Waals surface area contributed by atoms with Crippen LogP contribution in [0.4, 0.5) is 4.79 Å². The lowest BCUT2D eigenvalue weighted by molar-refractivity contribution is 0.0796. The highest BCUT2D eigenvalue weighted by Gasteiger charge is 2.23. The Hall–Kier alpha value is -1.26. The number of carbonyl (C=O) groups is 1. The number of aryl methyl sites for hydroxylation is 1. The average molecular weight is 311 g/mol. The normalized spacial score (nSPS) is 17.6. The zero-order valence-electron chi connectivity index (χ0n) is 12.7. The lowest BCUT2D eigenvalue weighted by Crippen LogP contribution is -2.49. The summed E-state index contributed by atoms with van der Waals surface area (Å²) < 4.78 is 5.02. The third-order valence-electron chi connectivity index (χ3n) is 3.76. The van der Waals surface area contributed by atoms with E-state index in [-0.39, 0.29) is 11.5 Å². The lowest BCUT2D eigenvalue weighted by Gasteiger charge is -2.34. The first-order valence-corrected chi connectivity index (χ1v) is 7.88. The van der Waals surface area contributed by atoms with Crippen molar-refractivity contribution in [3.63, 3.8) is 0 Å². The number of carbonyl (C=O) groups excluding carboxylic acids is 1. The van der Waals surface area contributed by atoms with Gasteiger partial charge in [0.2, 0.25) is 0 Å². The summed E-state index contributed by atoms with van der Waals surface area (Å²) in [5.74, 6) is 0. The van der Waals surface area contributed by atoms with Crippen LogP contribution in [0.5, 0.6) is 0 Å². The summed E-state index contributed by atoms with van der Waals surface area (Å²) in [6.07, 6.45) is -0.210. The van der Waals surface area contributed by atoms with Crippen molar-refractivity contribution in [3.05, 3.63) is 35.4 Å². The van der Waals surface area contributed by atoms with Crippen LogP contribution in [0.2, 0.25) is 0 Å². The summed E-state index contributed by atoms with van der Waals surface area (Å²) in [6, 6.07) is 8.34. The minimum atomic E-state index is -0.210. The maximum Gasteiger partial charge on any atom is 0.409 e. The van der Waals surface area contributed by atoms with E-state index in [1.807, 2.05) is 6.92 Å². The van der Waals surface area contributed by atoms with E-state index in [0.29, 0.717) is 19.7 Å². The van der Waals surface area contributed by atoms with Crippen molar-refractivity contribution in [2.75, 3.05) is 39.3 Å². The van der Waals surface area contributed by atoms with Crippen molar-refractivity contribution < 1.29 is 9.53 Å². The van der Waals surface area contributed by atoms with Crippen molar-refractivity contribution in [1.82, 2.24) is 9.80 Å². The van der Waals surface area contributed by atoms with E-state index >= 15 is 0 Å². The van der Waals surface area contributed by atoms with Gasteiger partial charge in [-0.25, -0.2) is 4.79 Å². The molecule has 1 heterocycles. The van der Waals surface area contributed by atoms with Crippen molar-refractivity contribution in [1.29, 1.82) is 0 Å². The topological polar surface area (TPSA) is 32.8 Å². The molecule has 0 aromatic heterocycles. The van der Waals surface area contributed by atoms with Gasteiger partial charge in [0.25, 0.3) is 0 Å². The fourth-order valence-corrected chi connectivity index (χ4v) is 2.78. The van der Waals surface area contributed by atoms with Gasteiger partial charge in [0.15, 0.2) is 0 Å². The first-order chi connectivity index (χ1) is 10.1. The molecule has 1 saturated heterocycles. The van der Waals surface area contributed by atoms with Gasteiger partial charge in [-0.3, -0.25) is 4.90 Å². The molecular formula is C16H23ClN2O2. The number of nitrogens with zero attached hydrogens (tertiary/aromatic N) is 2. The van der Waals surface area contributed by atoms with E-state index < -0.39 is 0 Å². The molecule has 116 valence electrons. The van der Waals surface area contributed by atoms with Gasteiger partial charge in [0, 0.05) is 32.7 Å². The minimum Gasteiger partial charge on any atom is -0.450 e. The molecule has 0 aliphatic carbocycles. The van der Waals surface area contributed by atoms with Crippen molar-refractivity contribution in [2.45, 2.75) is 19.2 Å². The van der Waals surface area contributed by atoms with E-state index in [9.17, 15) is 4.79 Å². The minimum absolute atomic E-state index is 0.0141. The monoisotopic (exact) mass is 310 g/mol. The van der Waals surface area contributed by atoms with E-state index in [0.717, 1.165) is 25.2 Å². The van der Waals surface area contributed by atoms with Crippen LogP contribution in [0.1, 0.15) is 23.4 Å². The molecule has 4 nitrogen and oxygen atoms in total. The molecule has 1 aliphatic rings. The highest BCUT2D eigenvalue weighted by atomic mass is 35.5. The molecule has 0 saturated carbocycles. The molecule has 1 amide bonds. The summed E-state index contributed by atoms with van der Waals surface area (Å²) in [5, 5.41) is -0.0141. The largest absolute Gasteiger partial charge is 0.450 e. The Kier molecular flexibility index (Phi) is 5.88. The Morgan fingerprint density at radius 3 is 2.43 bits per heavy atom. The van der Waals surface area contributed by atoms with Gasteiger partial charge < -0.3 is 9.64 Å². The molecule has 1 aromatic carbocycles. The number of rotatable bonds is 4. The van der Waals surface area contributed by atoms with E-state index in [2.05, 4.69) is 36.1 Å². The van der Waals surface area contributed by atoms with Crippen LogP contribution in [0.15, 0.2) is 24.3 Å². The number of benzene rings is 1. The second kappa shape index (κ2) is 7.66. The van der Waals surface area contributed by atoms with Crippen LogP contribution in [0.3, 0.4) is 0 Å². The third-order valence-corrected chi connectivity index (χ3v) is 4.15. The zero-order chi connectivity index (χ0) is 15.2. The number of alkyl halides is 1. The summed E-state index contributed by atoms with van der Waals surface area (Å²) in [5.41, 5.74) is 2.39. The second-order valence-corrected chi connectivity index (χ2v) is 5.89. The third kappa shape index (κ3) is 4.61. The number of piperazine rings is 1. The van der Waals surface area contributed by atoms with Gasteiger partial charge in [-0.05, 0) is 19.4 Å². The maximum absolute atomic E-state index is 11.6. The standard InChI is InChI=1S/C16H23ClN2O2/c1-3-21-16(20)19-10-8-18(9-11-19)12-15(17)14-6-4-13(2)5-7-14/h4-7,15H,3,8-12H2,1-2H3. The molecule has 0 N–H and O–H groups in total. The van der Waals surface area contributed by atoms with E-state index in [1.54, 1.807) is 4.90 Å². The van der Waals surface area contributed by atoms with Crippen molar-refractivity contribution >= 4 is 17.7 Å². The van der Waals surface area contributed by atoms with Gasteiger partial charge in [0.1, 0.15) is 0 Å². The lowest BCUT2D eigenvalue weighted by atomic mass is 10.1. The van der Waals surface area contributed by atoms with Crippen LogP contribution in [0, 0.1) is 6.92 Å². The fourth-order valence-electron chi connectivity index (χ4n) is 2.44. The molecule has 0 bridgehead atoms.